The summed E-state index contributed by atoms with van der Waals surface area (Å²) in [4.78, 5) is 29.0. The van der Waals surface area contributed by atoms with E-state index in [1.165, 1.54) is 11.1 Å². The third kappa shape index (κ3) is 6.33. The second-order valence-corrected chi connectivity index (χ2v) is 7.65. The molecule has 1 fully saturated rings. The Morgan fingerprint density at radius 2 is 1.74 bits per heavy atom. The minimum absolute atomic E-state index is 0.0150. The number of rotatable bonds is 7. The molecule has 2 atom stereocenters. The first kappa shape index (κ1) is 21.4. The van der Waals surface area contributed by atoms with Gasteiger partial charge < -0.3 is 10.6 Å². The molecule has 6 nitrogen and oxygen atoms in total. The van der Waals surface area contributed by atoms with Crippen LogP contribution in [-0.4, -0.2) is 66.4 Å². The van der Waals surface area contributed by atoms with Crippen molar-refractivity contribution in [3.63, 3.8) is 0 Å². The van der Waals surface area contributed by atoms with Crippen LogP contribution in [0.3, 0.4) is 0 Å². The Balaban J connectivity index is 1.79. The highest BCUT2D eigenvalue weighted by Crippen LogP contribution is 2.15. The van der Waals surface area contributed by atoms with E-state index in [0.29, 0.717) is 6.54 Å². The van der Waals surface area contributed by atoms with Crippen LogP contribution in [0, 0.1) is 13.8 Å². The van der Waals surface area contributed by atoms with E-state index in [0.717, 1.165) is 38.3 Å². The lowest BCUT2D eigenvalue weighted by Crippen LogP contribution is -2.54. The van der Waals surface area contributed by atoms with Gasteiger partial charge in [-0.1, -0.05) is 13.0 Å². The lowest BCUT2D eigenvalue weighted by Gasteiger charge is -2.37. The van der Waals surface area contributed by atoms with Crippen LogP contribution < -0.4 is 10.6 Å². The predicted molar refractivity (Wildman–Crippen MR) is 110 cm³/mol. The van der Waals surface area contributed by atoms with Crippen molar-refractivity contribution in [2.75, 3.05) is 38.0 Å². The average Bonchev–Trinajstić information content (AvgIpc) is 2.64. The molecule has 150 valence electrons. The van der Waals surface area contributed by atoms with Crippen molar-refractivity contribution in [2.24, 2.45) is 0 Å². The van der Waals surface area contributed by atoms with Gasteiger partial charge in [0.25, 0.3) is 0 Å². The number of amides is 2. The number of benzene rings is 1. The third-order valence-corrected chi connectivity index (χ3v) is 5.50. The number of nitrogens with zero attached hydrogens (tertiary/aromatic N) is 2. The van der Waals surface area contributed by atoms with Gasteiger partial charge in [-0.05, 0) is 57.4 Å². The fourth-order valence-corrected chi connectivity index (χ4v) is 3.17. The maximum absolute atomic E-state index is 12.6. The highest BCUT2D eigenvalue weighted by molar-refractivity contribution is 5.94. The Labute approximate surface area is 163 Å². The van der Waals surface area contributed by atoms with Gasteiger partial charge in [0.1, 0.15) is 0 Å². The summed E-state index contributed by atoms with van der Waals surface area (Å²) in [5, 5.41) is 6.03. The Kier molecular flexibility index (Phi) is 7.80. The first-order chi connectivity index (χ1) is 12.8. The van der Waals surface area contributed by atoms with Crippen LogP contribution in [0.25, 0.3) is 0 Å². The van der Waals surface area contributed by atoms with E-state index in [1.807, 2.05) is 39.0 Å². The van der Waals surface area contributed by atoms with Crippen molar-refractivity contribution < 1.29 is 9.59 Å². The molecular formula is C21H34N4O2. The molecule has 1 aromatic rings. The van der Waals surface area contributed by atoms with Gasteiger partial charge in [-0.15, -0.1) is 0 Å². The molecule has 1 aromatic carbocycles. The molecule has 0 saturated carbocycles. The predicted octanol–water partition coefficient (Wildman–Crippen LogP) is 2.16. The molecule has 0 bridgehead atoms. The van der Waals surface area contributed by atoms with Crippen molar-refractivity contribution in [2.45, 2.75) is 53.1 Å². The minimum Gasteiger partial charge on any atom is -0.353 e. The molecule has 27 heavy (non-hydrogen) atoms. The first-order valence-corrected chi connectivity index (χ1v) is 9.94. The Hall–Kier alpha value is -1.92. The van der Waals surface area contributed by atoms with E-state index in [4.69, 9.17) is 0 Å². The maximum Gasteiger partial charge on any atom is 0.241 e. The summed E-state index contributed by atoms with van der Waals surface area (Å²) in [6.45, 7) is 13.8. The van der Waals surface area contributed by atoms with Crippen LogP contribution in [0.15, 0.2) is 18.2 Å². The molecule has 1 heterocycles. The van der Waals surface area contributed by atoms with Crippen LogP contribution in [0.5, 0.6) is 0 Å². The number of hydrogen-bond donors (Lipinski definition) is 2. The fourth-order valence-electron chi connectivity index (χ4n) is 3.17. The molecule has 0 aliphatic carbocycles. The lowest BCUT2D eigenvalue weighted by molar-refractivity contribution is -0.125. The monoisotopic (exact) mass is 374 g/mol. The van der Waals surface area contributed by atoms with Crippen molar-refractivity contribution in [1.29, 1.82) is 0 Å². The number of carbonyl (C=O) groups is 2. The zero-order valence-corrected chi connectivity index (χ0v) is 17.3. The molecule has 2 unspecified atom stereocenters. The van der Waals surface area contributed by atoms with Gasteiger partial charge in [0.05, 0.1) is 12.6 Å². The van der Waals surface area contributed by atoms with Gasteiger partial charge in [0, 0.05) is 37.9 Å². The first-order valence-electron chi connectivity index (χ1n) is 9.94. The SMILES string of the molecule is CCC(C)NC(=O)CN1CCN(C(C)C(=O)Nc2ccc(C)c(C)c2)CC1. The quantitative estimate of drug-likeness (QED) is 0.768. The van der Waals surface area contributed by atoms with Gasteiger partial charge in [-0.3, -0.25) is 19.4 Å². The smallest absolute Gasteiger partial charge is 0.241 e. The second-order valence-electron chi connectivity index (χ2n) is 7.65. The Bertz CT molecular complexity index is 654. The van der Waals surface area contributed by atoms with Crippen molar-refractivity contribution in [3.05, 3.63) is 29.3 Å². The number of carbonyl (C=O) groups excluding carboxylic acids is 2. The molecule has 1 aliphatic rings. The fraction of sp³-hybridized carbons (Fsp3) is 0.619. The van der Waals surface area contributed by atoms with Crippen LogP contribution in [0.2, 0.25) is 0 Å². The highest BCUT2D eigenvalue weighted by atomic mass is 16.2. The summed E-state index contributed by atoms with van der Waals surface area (Å²) in [6, 6.07) is 6.00. The van der Waals surface area contributed by atoms with Crippen molar-refractivity contribution in [1.82, 2.24) is 15.1 Å². The van der Waals surface area contributed by atoms with E-state index in [2.05, 4.69) is 34.3 Å². The largest absolute Gasteiger partial charge is 0.353 e. The van der Waals surface area contributed by atoms with Gasteiger partial charge in [-0.2, -0.15) is 0 Å². The standard InChI is InChI=1S/C21H34N4O2/c1-6-17(4)22-20(26)14-24-9-11-25(12-10-24)18(5)21(27)23-19-8-7-15(2)16(3)13-19/h7-8,13,17-18H,6,9-12,14H2,1-5H3,(H,22,26)(H,23,27). The number of piperazine rings is 1. The number of nitrogens with one attached hydrogen (secondary N) is 2. The van der Waals surface area contributed by atoms with Crippen molar-refractivity contribution >= 4 is 17.5 Å². The molecule has 6 heteroatoms. The van der Waals surface area contributed by atoms with Gasteiger partial charge in [0.2, 0.25) is 11.8 Å². The number of aryl methyl sites for hydroxylation is 2. The van der Waals surface area contributed by atoms with Gasteiger partial charge in [0.15, 0.2) is 0 Å². The van der Waals surface area contributed by atoms with E-state index in [-0.39, 0.29) is 23.9 Å². The molecule has 1 aliphatic heterocycles. The summed E-state index contributed by atoms with van der Waals surface area (Å²) in [5.74, 6) is 0.0968. The zero-order valence-electron chi connectivity index (χ0n) is 17.3. The average molecular weight is 375 g/mol. The Morgan fingerprint density at radius 3 is 2.33 bits per heavy atom. The van der Waals surface area contributed by atoms with E-state index >= 15 is 0 Å². The Morgan fingerprint density at radius 1 is 1.07 bits per heavy atom. The second kappa shape index (κ2) is 9.85. The van der Waals surface area contributed by atoms with Crippen LogP contribution in [0.4, 0.5) is 5.69 Å². The van der Waals surface area contributed by atoms with Crippen LogP contribution in [-0.2, 0) is 9.59 Å². The van der Waals surface area contributed by atoms with E-state index in [9.17, 15) is 9.59 Å². The minimum atomic E-state index is -0.192. The third-order valence-electron chi connectivity index (χ3n) is 5.50. The molecule has 0 spiro atoms. The molecule has 2 amide bonds. The molecule has 0 aromatic heterocycles. The van der Waals surface area contributed by atoms with Crippen LogP contribution >= 0.6 is 0 Å². The van der Waals surface area contributed by atoms with E-state index < -0.39 is 0 Å². The number of hydrogen-bond acceptors (Lipinski definition) is 4. The molecular weight excluding hydrogens is 340 g/mol. The molecule has 0 radical (unpaired) electrons. The summed E-state index contributed by atoms with van der Waals surface area (Å²) in [5.41, 5.74) is 3.23. The summed E-state index contributed by atoms with van der Waals surface area (Å²) >= 11 is 0. The molecule has 2 rings (SSSR count). The highest BCUT2D eigenvalue weighted by Gasteiger charge is 2.26. The summed E-state index contributed by atoms with van der Waals surface area (Å²) < 4.78 is 0. The summed E-state index contributed by atoms with van der Waals surface area (Å²) in [6.07, 6.45) is 0.937. The van der Waals surface area contributed by atoms with Crippen LogP contribution in [0.1, 0.15) is 38.3 Å². The summed E-state index contributed by atoms with van der Waals surface area (Å²) in [7, 11) is 0. The zero-order chi connectivity index (χ0) is 20.0. The number of anilines is 1. The molecule has 1 saturated heterocycles. The molecule has 2 N–H and O–H groups in total. The lowest BCUT2D eigenvalue weighted by atomic mass is 10.1. The van der Waals surface area contributed by atoms with Crippen molar-refractivity contribution in [3.8, 4) is 0 Å². The maximum atomic E-state index is 12.6. The topological polar surface area (TPSA) is 64.7 Å². The van der Waals surface area contributed by atoms with Gasteiger partial charge >= 0.3 is 0 Å². The normalized spacial score (nSPS) is 18.0. The van der Waals surface area contributed by atoms with Gasteiger partial charge in [-0.25, -0.2) is 0 Å². The van der Waals surface area contributed by atoms with E-state index in [1.54, 1.807) is 0 Å².